The number of carbonyl (C=O) groups excluding carboxylic acids is 1. The fraction of sp³-hybridized carbons (Fsp3) is 0.938. The SMILES string of the molecule is CCN1CCOC[C@]2(CCCN(C(=O)N3CCCC3)C2)C1. The molecule has 0 unspecified atom stereocenters. The van der Waals surface area contributed by atoms with Gasteiger partial charge in [-0.15, -0.1) is 0 Å². The summed E-state index contributed by atoms with van der Waals surface area (Å²) in [6.45, 7) is 10.7. The third-order valence-corrected chi connectivity index (χ3v) is 5.27. The number of likely N-dealkylation sites (N-methyl/N-ethyl adjacent to an activating group) is 1. The maximum atomic E-state index is 12.7. The van der Waals surface area contributed by atoms with Gasteiger partial charge < -0.3 is 19.4 Å². The average molecular weight is 295 g/mol. The Kier molecular flexibility index (Phi) is 4.69. The van der Waals surface area contributed by atoms with Gasteiger partial charge in [0.1, 0.15) is 0 Å². The molecule has 0 aromatic rings. The first kappa shape index (κ1) is 15.1. The number of carbonyl (C=O) groups is 1. The number of ether oxygens (including phenoxy) is 1. The summed E-state index contributed by atoms with van der Waals surface area (Å²) in [4.78, 5) is 19.3. The smallest absolute Gasteiger partial charge is 0.320 e. The number of amides is 2. The molecular weight excluding hydrogens is 266 g/mol. The Morgan fingerprint density at radius 1 is 1.05 bits per heavy atom. The molecule has 0 N–H and O–H groups in total. The predicted molar refractivity (Wildman–Crippen MR) is 82.4 cm³/mol. The fourth-order valence-corrected chi connectivity index (χ4v) is 4.08. The molecule has 21 heavy (non-hydrogen) atoms. The van der Waals surface area contributed by atoms with Crippen LogP contribution in [0, 0.1) is 5.41 Å². The molecule has 0 bridgehead atoms. The van der Waals surface area contributed by atoms with E-state index >= 15 is 0 Å². The molecule has 3 aliphatic heterocycles. The zero-order valence-electron chi connectivity index (χ0n) is 13.4. The lowest BCUT2D eigenvalue weighted by molar-refractivity contribution is 0.0134. The molecule has 0 aromatic heterocycles. The predicted octanol–water partition coefficient (Wildman–Crippen LogP) is 1.64. The highest BCUT2D eigenvalue weighted by atomic mass is 16.5. The van der Waals surface area contributed by atoms with E-state index in [4.69, 9.17) is 4.74 Å². The number of nitrogens with zero attached hydrogens (tertiary/aromatic N) is 3. The minimum absolute atomic E-state index is 0.153. The van der Waals surface area contributed by atoms with Gasteiger partial charge in [0.2, 0.25) is 0 Å². The molecule has 3 rings (SSSR count). The molecule has 0 aromatic carbocycles. The Labute approximate surface area is 128 Å². The Hall–Kier alpha value is -0.810. The van der Waals surface area contributed by atoms with Gasteiger partial charge in [0.15, 0.2) is 0 Å². The first-order chi connectivity index (χ1) is 10.2. The Bertz CT molecular complexity index is 371. The van der Waals surface area contributed by atoms with Gasteiger partial charge >= 0.3 is 6.03 Å². The van der Waals surface area contributed by atoms with E-state index in [0.717, 1.165) is 78.3 Å². The van der Waals surface area contributed by atoms with E-state index in [1.54, 1.807) is 0 Å². The van der Waals surface area contributed by atoms with E-state index in [1.165, 1.54) is 6.42 Å². The maximum Gasteiger partial charge on any atom is 0.320 e. The molecule has 3 saturated heterocycles. The fourth-order valence-electron chi connectivity index (χ4n) is 4.08. The summed E-state index contributed by atoms with van der Waals surface area (Å²) in [5.41, 5.74) is 0.153. The van der Waals surface area contributed by atoms with Crippen molar-refractivity contribution in [1.29, 1.82) is 0 Å². The van der Waals surface area contributed by atoms with Gasteiger partial charge in [0.25, 0.3) is 0 Å². The van der Waals surface area contributed by atoms with Gasteiger partial charge in [-0.3, -0.25) is 0 Å². The zero-order chi connectivity index (χ0) is 14.7. The van der Waals surface area contributed by atoms with Crippen molar-refractivity contribution in [3.05, 3.63) is 0 Å². The monoisotopic (exact) mass is 295 g/mol. The lowest BCUT2D eigenvalue weighted by Crippen LogP contribution is -2.54. The molecule has 0 radical (unpaired) electrons. The van der Waals surface area contributed by atoms with E-state index in [9.17, 15) is 4.79 Å². The highest BCUT2D eigenvalue weighted by Crippen LogP contribution is 2.33. The van der Waals surface area contributed by atoms with Crippen molar-refractivity contribution in [1.82, 2.24) is 14.7 Å². The highest BCUT2D eigenvalue weighted by Gasteiger charge is 2.40. The van der Waals surface area contributed by atoms with Crippen LogP contribution in [-0.2, 0) is 4.74 Å². The average Bonchev–Trinajstić information content (AvgIpc) is 2.97. The lowest BCUT2D eigenvalue weighted by atomic mass is 9.80. The third kappa shape index (κ3) is 3.34. The first-order valence-electron chi connectivity index (χ1n) is 8.56. The molecule has 5 nitrogen and oxygen atoms in total. The minimum atomic E-state index is 0.153. The topological polar surface area (TPSA) is 36.0 Å². The van der Waals surface area contributed by atoms with Crippen LogP contribution in [-0.4, -0.2) is 79.8 Å². The van der Waals surface area contributed by atoms with Crippen LogP contribution in [0.1, 0.15) is 32.6 Å². The quantitative estimate of drug-likeness (QED) is 0.738. The number of hydrogen-bond acceptors (Lipinski definition) is 3. The van der Waals surface area contributed by atoms with Gasteiger partial charge in [-0.05, 0) is 32.2 Å². The second-order valence-electron chi connectivity index (χ2n) is 6.92. The normalized spacial score (nSPS) is 31.7. The van der Waals surface area contributed by atoms with E-state index in [-0.39, 0.29) is 11.4 Å². The highest BCUT2D eigenvalue weighted by molar-refractivity contribution is 5.74. The molecule has 3 heterocycles. The van der Waals surface area contributed by atoms with Crippen molar-refractivity contribution in [3.63, 3.8) is 0 Å². The van der Waals surface area contributed by atoms with E-state index in [1.807, 2.05) is 4.90 Å². The number of likely N-dealkylation sites (tertiary alicyclic amines) is 2. The molecule has 1 atom stereocenters. The van der Waals surface area contributed by atoms with E-state index in [2.05, 4.69) is 16.7 Å². The largest absolute Gasteiger partial charge is 0.379 e. The van der Waals surface area contributed by atoms with E-state index < -0.39 is 0 Å². The summed E-state index contributed by atoms with van der Waals surface area (Å²) in [6.07, 6.45) is 4.63. The second-order valence-corrected chi connectivity index (χ2v) is 6.92. The molecule has 120 valence electrons. The van der Waals surface area contributed by atoms with Gasteiger partial charge in [0, 0.05) is 44.7 Å². The van der Waals surface area contributed by atoms with Crippen molar-refractivity contribution < 1.29 is 9.53 Å². The summed E-state index contributed by atoms with van der Waals surface area (Å²) >= 11 is 0. The Balaban J connectivity index is 1.67. The van der Waals surface area contributed by atoms with Gasteiger partial charge in [0.05, 0.1) is 13.2 Å². The molecule has 0 aliphatic carbocycles. The summed E-state index contributed by atoms with van der Waals surface area (Å²) in [5, 5.41) is 0. The number of urea groups is 1. The maximum absolute atomic E-state index is 12.7. The minimum Gasteiger partial charge on any atom is -0.379 e. The van der Waals surface area contributed by atoms with Gasteiger partial charge in [-0.2, -0.15) is 0 Å². The van der Waals surface area contributed by atoms with Crippen LogP contribution in [0.3, 0.4) is 0 Å². The van der Waals surface area contributed by atoms with Crippen molar-refractivity contribution in [3.8, 4) is 0 Å². The van der Waals surface area contributed by atoms with Gasteiger partial charge in [-0.1, -0.05) is 6.92 Å². The third-order valence-electron chi connectivity index (χ3n) is 5.27. The first-order valence-corrected chi connectivity index (χ1v) is 8.56. The van der Waals surface area contributed by atoms with Crippen molar-refractivity contribution in [2.45, 2.75) is 32.6 Å². The summed E-state index contributed by atoms with van der Waals surface area (Å²) in [5.74, 6) is 0. The van der Waals surface area contributed by atoms with Crippen molar-refractivity contribution in [2.24, 2.45) is 5.41 Å². The summed E-state index contributed by atoms with van der Waals surface area (Å²) in [6, 6.07) is 0.263. The molecule has 0 saturated carbocycles. The Morgan fingerprint density at radius 3 is 2.57 bits per heavy atom. The zero-order valence-corrected chi connectivity index (χ0v) is 13.4. The summed E-state index contributed by atoms with van der Waals surface area (Å²) < 4.78 is 5.88. The van der Waals surface area contributed by atoms with Crippen LogP contribution in [0.2, 0.25) is 0 Å². The molecule has 5 heteroatoms. The van der Waals surface area contributed by atoms with Crippen LogP contribution in [0.5, 0.6) is 0 Å². The van der Waals surface area contributed by atoms with Crippen molar-refractivity contribution in [2.75, 3.05) is 59.0 Å². The van der Waals surface area contributed by atoms with Crippen LogP contribution >= 0.6 is 0 Å². The number of hydrogen-bond donors (Lipinski definition) is 0. The van der Waals surface area contributed by atoms with Crippen LogP contribution in [0.25, 0.3) is 0 Å². The van der Waals surface area contributed by atoms with Gasteiger partial charge in [-0.25, -0.2) is 4.79 Å². The standard InChI is InChI=1S/C16H29N3O2/c1-2-17-10-11-21-14-16(12-17)6-5-9-19(13-16)15(20)18-7-3-4-8-18/h2-14H2,1H3/t16-/m1/s1. The molecule has 3 fully saturated rings. The second kappa shape index (κ2) is 6.53. The molecule has 1 spiro atoms. The molecular formula is C16H29N3O2. The summed E-state index contributed by atoms with van der Waals surface area (Å²) in [7, 11) is 0. The van der Waals surface area contributed by atoms with E-state index in [0.29, 0.717) is 0 Å². The molecule has 3 aliphatic rings. The number of rotatable bonds is 1. The lowest BCUT2D eigenvalue weighted by Gasteiger charge is -2.44. The van der Waals surface area contributed by atoms with Crippen LogP contribution < -0.4 is 0 Å². The molecule has 2 amide bonds. The van der Waals surface area contributed by atoms with Crippen molar-refractivity contribution >= 4 is 6.03 Å². The van der Waals surface area contributed by atoms with Crippen LogP contribution in [0.4, 0.5) is 4.79 Å². The Morgan fingerprint density at radius 2 is 1.81 bits per heavy atom. The van der Waals surface area contributed by atoms with Crippen LogP contribution in [0.15, 0.2) is 0 Å². The number of piperidine rings is 1.